The molecule has 0 spiro atoms. The molecule has 2 N–H and O–H groups in total. The normalized spacial score (nSPS) is 16.3. The van der Waals surface area contributed by atoms with Crippen LogP contribution in [0.15, 0.2) is 60.2 Å². The molecule has 11 heteroatoms. The standard InChI is InChI=1S/C28H24Cl2N2O7/c1-14(33)31-16-6-5-7-17(12-16)32-23(15-8-10-18(37-2)11-9-15)21(25(35)28(32)36)24(34)19-13-20(29)27(39-4)22(30)26(19)38-3/h5-13,23,34H,1-4H3,(H,31,33)/b24-21+. The largest absolute Gasteiger partial charge is 0.507 e. The monoisotopic (exact) mass is 570 g/mol. The molecule has 3 aromatic carbocycles. The van der Waals surface area contributed by atoms with E-state index in [1.165, 1.54) is 39.2 Å². The van der Waals surface area contributed by atoms with Gasteiger partial charge < -0.3 is 24.6 Å². The number of Topliss-reactive ketones (excluding diaryl/α,β-unsaturated/α-hetero) is 1. The molecule has 0 saturated carbocycles. The molecule has 1 aliphatic rings. The summed E-state index contributed by atoms with van der Waals surface area (Å²) < 4.78 is 15.9. The summed E-state index contributed by atoms with van der Waals surface area (Å²) in [5.74, 6) is -2.00. The van der Waals surface area contributed by atoms with Crippen molar-refractivity contribution in [3.63, 3.8) is 0 Å². The van der Waals surface area contributed by atoms with Crippen molar-refractivity contribution >= 4 is 57.9 Å². The Hall–Kier alpha value is -4.21. The SMILES string of the molecule is COc1ccc(C2/C(=C(\O)c3cc(Cl)c(OC)c(Cl)c3OC)C(=O)C(=O)N2c2cccc(NC(C)=O)c2)cc1. The minimum atomic E-state index is -1.06. The number of amides is 2. The van der Waals surface area contributed by atoms with Gasteiger partial charge in [-0.05, 0) is 42.0 Å². The fourth-order valence-corrected chi connectivity index (χ4v) is 5.12. The number of benzene rings is 3. The number of ketones is 1. The van der Waals surface area contributed by atoms with Gasteiger partial charge >= 0.3 is 0 Å². The van der Waals surface area contributed by atoms with E-state index in [1.807, 2.05) is 0 Å². The van der Waals surface area contributed by atoms with E-state index >= 15 is 0 Å². The molecule has 39 heavy (non-hydrogen) atoms. The van der Waals surface area contributed by atoms with Crippen LogP contribution in [0.25, 0.3) is 5.76 Å². The number of rotatable bonds is 7. The van der Waals surface area contributed by atoms with Crippen LogP contribution >= 0.6 is 23.2 Å². The predicted octanol–water partition coefficient (Wildman–Crippen LogP) is 5.60. The number of nitrogens with one attached hydrogen (secondary N) is 1. The second-order valence-electron chi connectivity index (χ2n) is 8.46. The lowest BCUT2D eigenvalue weighted by atomic mass is 9.94. The average Bonchev–Trinajstić information content (AvgIpc) is 3.18. The summed E-state index contributed by atoms with van der Waals surface area (Å²) in [5.41, 5.74) is 1.03. The lowest BCUT2D eigenvalue weighted by Crippen LogP contribution is -2.29. The number of nitrogens with zero attached hydrogens (tertiary/aromatic N) is 1. The van der Waals surface area contributed by atoms with Crippen LogP contribution in [0.2, 0.25) is 10.0 Å². The Labute approximate surface area is 234 Å². The number of carbonyl (C=O) groups is 3. The zero-order valence-corrected chi connectivity index (χ0v) is 22.9. The molecule has 1 unspecified atom stereocenters. The summed E-state index contributed by atoms with van der Waals surface area (Å²) in [5, 5.41) is 14.3. The van der Waals surface area contributed by atoms with Crippen molar-refractivity contribution in [2.24, 2.45) is 0 Å². The molecule has 1 fully saturated rings. The summed E-state index contributed by atoms with van der Waals surface area (Å²) >= 11 is 12.8. The van der Waals surface area contributed by atoms with Crippen LogP contribution in [0.4, 0.5) is 11.4 Å². The molecule has 1 atom stereocenters. The minimum absolute atomic E-state index is 0.00255. The molecule has 0 bridgehead atoms. The highest BCUT2D eigenvalue weighted by Gasteiger charge is 2.47. The van der Waals surface area contributed by atoms with Gasteiger partial charge in [0.1, 0.15) is 16.5 Å². The van der Waals surface area contributed by atoms with Crippen LogP contribution in [0.1, 0.15) is 24.1 Å². The molecule has 0 aliphatic carbocycles. The van der Waals surface area contributed by atoms with E-state index in [0.717, 1.165) is 0 Å². The zero-order valence-electron chi connectivity index (χ0n) is 21.4. The number of hydrogen-bond acceptors (Lipinski definition) is 7. The Bertz CT molecular complexity index is 1500. The molecule has 1 aliphatic heterocycles. The van der Waals surface area contributed by atoms with Gasteiger partial charge in [-0.15, -0.1) is 0 Å². The molecule has 202 valence electrons. The number of halogens is 2. The summed E-state index contributed by atoms with van der Waals surface area (Å²) in [6.07, 6.45) is 0. The first-order valence-electron chi connectivity index (χ1n) is 11.6. The van der Waals surface area contributed by atoms with Crippen molar-refractivity contribution in [2.45, 2.75) is 13.0 Å². The van der Waals surface area contributed by atoms with E-state index in [4.69, 9.17) is 37.4 Å². The van der Waals surface area contributed by atoms with Gasteiger partial charge in [0, 0.05) is 18.3 Å². The van der Waals surface area contributed by atoms with Crippen molar-refractivity contribution in [2.75, 3.05) is 31.5 Å². The van der Waals surface area contributed by atoms with Crippen molar-refractivity contribution < 1.29 is 33.7 Å². The Morgan fingerprint density at radius 3 is 2.21 bits per heavy atom. The van der Waals surface area contributed by atoms with E-state index in [0.29, 0.717) is 22.7 Å². The molecule has 0 aromatic heterocycles. The average molecular weight is 571 g/mol. The number of aliphatic hydroxyl groups is 1. The molecule has 2 amide bonds. The number of aliphatic hydroxyl groups excluding tert-OH is 1. The maximum absolute atomic E-state index is 13.5. The van der Waals surface area contributed by atoms with Crippen molar-refractivity contribution in [3.8, 4) is 17.2 Å². The van der Waals surface area contributed by atoms with Crippen molar-refractivity contribution in [3.05, 3.63) is 81.3 Å². The number of ether oxygens (including phenoxy) is 3. The van der Waals surface area contributed by atoms with Crippen LogP contribution in [-0.2, 0) is 14.4 Å². The number of hydrogen-bond donors (Lipinski definition) is 2. The van der Waals surface area contributed by atoms with Gasteiger partial charge in [0.2, 0.25) is 5.91 Å². The van der Waals surface area contributed by atoms with Crippen LogP contribution in [-0.4, -0.2) is 44.0 Å². The fourth-order valence-electron chi connectivity index (χ4n) is 4.43. The first-order valence-corrected chi connectivity index (χ1v) is 12.3. The highest BCUT2D eigenvalue weighted by molar-refractivity contribution is 6.52. The maximum atomic E-state index is 13.5. The topological polar surface area (TPSA) is 114 Å². The Morgan fingerprint density at radius 2 is 1.62 bits per heavy atom. The van der Waals surface area contributed by atoms with Gasteiger partial charge in [0.15, 0.2) is 11.5 Å². The molecular weight excluding hydrogens is 547 g/mol. The number of carbonyl (C=O) groups excluding carboxylic acids is 3. The van der Waals surface area contributed by atoms with Crippen LogP contribution < -0.4 is 24.4 Å². The van der Waals surface area contributed by atoms with Crippen molar-refractivity contribution in [1.29, 1.82) is 0 Å². The minimum Gasteiger partial charge on any atom is -0.507 e. The number of anilines is 2. The molecule has 1 saturated heterocycles. The van der Waals surface area contributed by atoms with Gasteiger partial charge in [0.05, 0.1) is 43.5 Å². The molecular formula is C28H24Cl2N2O7. The Balaban J connectivity index is 1.99. The quantitative estimate of drug-likeness (QED) is 0.216. The van der Waals surface area contributed by atoms with E-state index in [2.05, 4.69) is 5.32 Å². The molecule has 9 nitrogen and oxygen atoms in total. The van der Waals surface area contributed by atoms with Gasteiger partial charge in [-0.1, -0.05) is 41.4 Å². The third kappa shape index (κ3) is 5.10. The van der Waals surface area contributed by atoms with E-state index in [-0.39, 0.29) is 38.6 Å². The second kappa shape index (κ2) is 11.3. The lowest BCUT2D eigenvalue weighted by molar-refractivity contribution is -0.132. The third-order valence-corrected chi connectivity index (χ3v) is 6.74. The number of methoxy groups -OCH3 is 3. The first-order chi connectivity index (χ1) is 18.6. The van der Waals surface area contributed by atoms with Gasteiger partial charge in [-0.2, -0.15) is 0 Å². The van der Waals surface area contributed by atoms with E-state index in [9.17, 15) is 19.5 Å². The Kier molecular flexibility index (Phi) is 8.03. The van der Waals surface area contributed by atoms with Crippen LogP contribution in [0.3, 0.4) is 0 Å². The highest BCUT2D eigenvalue weighted by atomic mass is 35.5. The fraction of sp³-hybridized carbons (Fsp3) is 0.179. The second-order valence-corrected chi connectivity index (χ2v) is 9.25. The lowest BCUT2D eigenvalue weighted by Gasteiger charge is -2.26. The summed E-state index contributed by atoms with van der Waals surface area (Å²) in [4.78, 5) is 39.9. The molecule has 1 heterocycles. The summed E-state index contributed by atoms with van der Waals surface area (Å²) in [6, 6.07) is 13.4. The molecule has 4 rings (SSSR count). The van der Waals surface area contributed by atoms with Crippen LogP contribution in [0, 0.1) is 0 Å². The molecule has 3 aromatic rings. The Morgan fingerprint density at radius 1 is 0.949 bits per heavy atom. The van der Waals surface area contributed by atoms with E-state index < -0.39 is 23.5 Å². The summed E-state index contributed by atoms with van der Waals surface area (Å²) in [6.45, 7) is 1.36. The van der Waals surface area contributed by atoms with Gasteiger partial charge in [-0.25, -0.2) is 0 Å². The zero-order chi connectivity index (χ0) is 28.4. The predicted molar refractivity (Wildman–Crippen MR) is 148 cm³/mol. The van der Waals surface area contributed by atoms with Gasteiger partial charge in [0.25, 0.3) is 11.7 Å². The summed E-state index contributed by atoms with van der Waals surface area (Å²) in [7, 11) is 4.22. The smallest absolute Gasteiger partial charge is 0.300 e. The van der Waals surface area contributed by atoms with E-state index in [1.54, 1.807) is 48.5 Å². The maximum Gasteiger partial charge on any atom is 0.300 e. The van der Waals surface area contributed by atoms with Crippen LogP contribution in [0.5, 0.6) is 17.2 Å². The first kappa shape index (κ1) is 27.8. The third-order valence-electron chi connectivity index (χ3n) is 6.12. The highest BCUT2D eigenvalue weighted by Crippen LogP contribution is 2.48. The van der Waals surface area contributed by atoms with Gasteiger partial charge in [-0.3, -0.25) is 19.3 Å². The van der Waals surface area contributed by atoms with Crippen molar-refractivity contribution in [1.82, 2.24) is 0 Å². The molecule has 0 radical (unpaired) electrons.